The number of anilines is 2. The van der Waals surface area contributed by atoms with Crippen LogP contribution in [0.4, 0.5) is 11.6 Å². The van der Waals surface area contributed by atoms with E-state index in [1.54, 1.807) is 0 Å². The molecule has 0 saturated carbocycles. The minimum atomic E-state index is 0.401. The molecule has 30 heavy (non-hydrogen) atoms. The number of aromatic nitrogens is 2. The zero-order valence-electron chi connectivity index (χ0n) is 16.1. The Kier molecular flexibility index (Phi) is 4.62. The summed E-state index contributed by atoms with van der Waals surface area (Å²) in [6, 6.07) is 21.9. The summed E-state index contributed by atoms with van der Waals surface area (Å²) in [6.07, 6.45) is 2.22. The molecule has 1 aromatic heterocycles. The molecule has 0 spiro atoms. The standard InChI is InChI=1S/C24H18N4O2/c25-10-9-16-1-5-20(6-2-16)27-24-26-15-19-13-17(3-7-21(19)28-24)18-4-8-22-23(14-18)30-12-11-29-22/h1-8,13-15H,9,11-12H2,(H,26,27,28). The van der Waals surface area contributed by atoms with Gasteiger partial charge in [-0.05, 0) is 53.1 Å². The summed E-state index contributed by atoms with van der Waals surface area (Å²) in [5, 5.41) is 12.9. The number of nitrogens with one attached hydrogen (secondary N) is 1. The van der Waals surface area contributed by atoms with Gasteiger partial charge in [0.2, 0.25) is 5.95 Å². The number of hydrogen-bond donors (Lipinski definition) is 1. The molecule has 0 fully saturated rings. The van der Waals surface area contributed by atoms with Gasteiger partial charge in [-0.25, -0.2) is 9.97 Å². The SMILES string of the molecule is N#CCc1ccc(Nc2ncc3cc(-c4ccc5c(c4)OCCO5)ccc3n2)cc1. The molecule has 0 bridgehead atoms. The summed E-state index contributed by atoms with van der Waals surface area (Å²) in [6.45, 7) is 1.15. The maximum Gasteiger partial charge on any atom is 0.227 e. The molecule has 6 heteroatoms. The Morgan fingerprint density at radius 3 is 2.50 bits per heavy atom. The summed E-state index contributed by atoms with van der Waals surface area (Å²) < 4.78 is 11.3. The van der Waals surface area contributed by atoms with Crippen LogP contribution in [0.5, 0.6) is 11.5 Å². The second-order valence-corrected chi connectivity index (χ2v) is 6.98. The van der Waals surface area contributed by atoms with Gasteiger partial charge in [-0.1, -0.05) is 24.3 Å². The molecule has 3 aromatic carbocycles. The van der Waals surface area contributed by atoms with Crippen LogP contribution in [0.3, 0.4) is 0 Å². The molecule has 0 saturated heterocycles. The Morgan fingerprint density at radius 1 is 0.900 bits per heavy atom. The number of fused-ring (bicyclic) bond motifs is 2. The van der Waals surface area contributed by atoms with Crippen LogP contribution in [0.15, 0.2) is 66.9 Å². The molecule has 0 radical (unpaired) electrons. The number of hydrogen-bond acceptors (Lipinski definition) is 6. The van der Waals surface area contributed by atoms with Gasteiger partial charge in [-0.15, -0.1) is 0 Å². The van der Waals surface area contributed by atoms with Crippen LogP contribution in [0, 0.1) is 11.3 Å². The van der Waals surface area contributed by atoms with Crippen LogP contribution >= 0.6 is 0 Å². The van der Waals surface area contributed by atoms with Gasteiger partial charge in [0.25, 0.3) is 0 Å². The summed E-state index contributed by atoms with van der Waals surface area (Å²) in [5.74, 6) is 2.09. The minimum Gasteiger partial charge on any atom is -0.486 e. The van der Waals surface area contributed by atoms with E-state index in [2.05, 4.69) is 27.4 Å². The van der Waals surface area contributed by atoms with E-state index in [1.807, 2.05) is 60.8 Å². The average Bonchev–Trinajstić information content (AvgIpc) is 2.80. The van der Waals surface area contributed by atoms with Crippen LogP contribution in [0.25, 0.3) is 22.0 Å². The third kappa shape index (κ3) is 3.61. The number of benzene rings is 3. The highest BCUT2D eigenvalue weighted by Gasteiger charge is 2.13. The zero-order chi connectivity index (χ0) is 20.3. The third-order valence-corrected chi connectivity index (χ3v) is 4.95. The van der Waals surface area contributed by atoms with E-state index in [4.69, 9.17) is 14.7 Å². The monoisotopic (exact) mass is 394 g/mol. The van der Waals surface area contributed by atoms with Gasteiger partial charge < -0.3 is 14.8 Å². The van der Waals surface area contributed by atoms with Gasteiger partial charge in [0.1, 0.15) is 13.2 Å². The van der Waals surface area contributed by atoms with Crippen LogP contribution in [0.2, 0.25) is 0 Å². The minimum absolute atomic E-state index is 0.401. The molecule has 146 valence electrons. The highest BCUT2D eigenvalue weighted by atomic mass is 16.6. The van der Waals surface area contributed by atoms with Gasteiger partial charge in [-0.3, -0.25) is 0 Å². The Labute approximate surface area is 173 Å². The fourth-order valence-corrected chi connectivity index (χ4v) is 3.42. The summed E-state index contributed by atoms with van der Waals surface area (Å²) >= 11 is 0. The largest absolute Gasteiger partial charge is 0.486 e. The first-order valence-corrected chi connectivity index (χ1v) is 9.68. The summed E-state index contributed by atoms with van der Waals surface area (Å²) in [4.78, 5) is 9.06. The van der Waals surface area contributed by atoms with Crippen LogP contribution < -0.4 is 14.8 Å². The number of nitriles is 1. The average molecular weight is 394 g/mol. The fourth-order valence-electron chi connectivity index (χ4n) is 3.42. The Bertz CT molecular complexity index is 1260. The highest BCUT2D eigenvalue weighted by Crippen LogP contribution is 2.35. The summed E-state index contributed by atoms with van der Waals surface area (Å²) in [5.41, 5.74) is 4.84. The van der Waals surface area contributed by atoms with E-state index in [-0.39, 0.29) is 0 Å². The van der Waals surface area contributed by atoms with Crippen molar-refractivity contribution in [1.29, 1.82) is 5.26 Å². The van der Waals surface area contributed by atoms with Crippen LogP contribution in [0.1, 0.15) is 5.56 Å². The lowest BCUT2D eigenvalue weighted by Gasteiger charge is -2.19. The second-order valence-electron chi connectivity index (χ2n) is 6.98. The van der Waals surface area contributed by atoms with Crippen LogP contribution in [-0.2, 0) is 6.42 Å². The molecule has 1 N–H and O–H groups in total. The van der Waals surface area contributed by atoms with E-state index < -0.39 is 0 Å². The van der Waals surface area contributed by atoms with Gasteiger partial charge in [0.05, 0.1) is 18.0 Å². The molecule has 1 aliphatic heterocycles. The number of ether oxygens (including phenoxy) is 2. The first-order chi connectivity index (χ1) is 14.8. The normalized spacial score (nSPS) is 12.4. The van der Waals surface area contributed by atoms with Crippen molar-refractivity contribution in [2.24, 2.45) is 0 Å². The summed E-state index contributed by atoms with van der Waals surface area (Å²) in [7, 11) is 0. The van der Waals surface area contributed by atoms with Crippen molar-refractivity contribution >= 4 is 22.5 Å². The highest BCUT2D eigenvalue weighted by molar-refractivity contribution is 5.85. The molecule has 4 aromatic rings. The van der Waals surface area contributed by atoms with E-state index in [9.17, 15) is 0 Å². The number of rotatable bonds is 4. The Morgan fingerprint density at radius 2 is 1.67 bits per heavy atom. The van der Waals surface area contributed by atoms with Crippen molar-refractivity contribution < 1.29 is 9.47 Å². The molecule has 0 amide bonds. The van der Waals surface area contributed by atoms with E-state index in [0.29, 0.717) is 25.6 Å². The lowest BCUT2D eigenvalue weighted by atomic mass is 10.0. The van der Waals surface area contributed by atoms with Crippen molar-refractivity contribution in [1.82, 2.24) is 9.97 Å². The van der Waals surface area contributed by atoms with E-state index >= 15 is 0 Å². The van der Waals surface area contributed by atoms with Gasteiger partial charge in [0.15, 0.2) is 11.5 Å². The molecule has 5 rings (SSSR count). The molecular weight excluding hydrogens is 376 g/mol. The maximum atomic E-state index is 8.77. The lowest BCUT2D eigenvalue weighted by Crippen LogP contribution is -2.15. The van der Waals surface area contributed by atoms with Crippen molar-refractivity contribution in [2.45, 2.75) is 6.42 Å². The van der Waals surface area contributed by atoms with Gasteiger partial charge >= 0.3 is 0 Å². The molecule has 0 unspecified atom stereocenters. The smallest absolute Gasteiger partial charge is 0.227 e. The van der Waals surface area contributed by atoms with Crippen molar-refractivity contribution in [3.8, 4) is 28.7 Å². The van der Waals surface area contributed by atoms with Gasteiger partial charge in [0, 0.05) is 17.3 Å². The topological polar surface area (TPSA) is 80.1 Å². The molecule has 6 nitrogen and oxygen atoms in total. The predicted molar refractivity (Wildman–Crippen MR) is 115 cm³/mol. The molecule has 0 aliphatic carbocycles. The predicted octanol–water partition coefficient (Wildman–Crippen LogP) is 4.88. The van der Waals surface area contributed by atoms with Crippen LogP contribution in [-0.4, -0.2) is 23.2 Å². The van der Waals surface area contributed by atoms with E-state index in [1.165, 1.54) is 0 Å². The second kappa shape index (κ2) is 7.72. The Balaban J connectivity index is 1.39. The fraction of sp³-hybridized carbons (Fsp3) is 0.125. The molecule has 1 aliphatic rings. The first kappa shape index (κ1) is 18.0. The molecule has 2 heterocycles. The Hall–Kier alpha value is -4.11. The maximum absolute atomic E-state index is 8.77. The van der Waals surface area contributed by atoms with Crippen molar-refractivity contribution in [3.05, 3.63) is 72.4 Å². The quantitative estimate of drug-likeness (QED) is 0.531. The molecular formula is C24H18N4O2. The third-order valence-electron chi connectivity index (χ3n) is 4.95. The lowest BCUT2D eigenvalue weighted by molar-refractivity contribution is 0.171. The van der Waals surface area contributed by atoms with Crippen molar-refractivity contribution in [2.75, 3.05) is 18.5 Å². The van der Waals surface area contributed by atoms with Crippen molar-refractivity contribution in [3.63, 3.8) is 0 Å². The zero-order valence-corrected chi connectivity index (χ0v) is 16.1. The number of nitrogens with zero attached hydrogens (tertiary/aromatic N) is 3. The molecule has 0 atom stereocenters. The van der Waals surface area contributed by atoms with E-state index in [0.717, 1.165) is 44.8 Å². The van der Waals surface area contributed by atoms with Gasteiger partial charge in [-0.2, -0.15) is 5.26 Å². The first-order valence-electron chi connectivity index (χ1n) is 9.68.